The zero-order valence-corrected chi connectivity index (χ0v) is 8.28. The molecule has 1 aromatic rings. The molecule has 0 spiro atoms. The maximum absolute atomic E-state index is 10.7. The molecule has 1 aromatic heterocycles. The average molecular weight is 239 g/mol. The van der Waals surface area contributed by atoms with Crippen molar-refractivity contribution < 1.29 is 24.4 Å². The van der Waals surface area contributed by atoms with Gasteiger partial charge in [0.1, 0.15) is 12.5 Å². The Morgan fingerprint density at radius 2 is 1.93 bits per heavy atom. The van der Waals surface area contributed by atoms with Crippen LogP contribution < -0.4 is 11.4 Å². The summed E-state index contributed by atoms with van der Waals surface area (Å²) in [4.78, 5) is 35.6. The molecule has 0 aliphatic heterocycles. The minimum atomic E-state index is -4.64. The molecule has 0 saturated heterocycles. The van der Waals surface area contributed by atoms with E-state index in [2.05, 4.69) is 4.98 Å². The highest BCUT2D eigenvalue weighted by molar-refractivity contribution is 7.45. The fraction of sp³-hybridized carbons (Fsp3) is 0.200. The van der Waals surface area contributed by atoms with Crippen molar-refractivity contribution in [2.75, 3.05) is 5.73 Å². The van der Waals surface area contributed by atoms with E-state index >= 15 is 0 Å². The number of nitrogens with zero attached hydrogens (tertiary/aromatic N) is 2. The summed E-state index contributed by atoms with van der Waals surface area (Å²) in [6, 6.07) is 1.44. The highest BCUT2D eigenvalue weighted by Gasteiger charge is 2.00. The largest absolute Gasteiger partial charge is 0.466 e. The molecule has 10 heteroatoms. The van der Waals surface area contributed by atoms with Gasteiger partial charge >= 0.3 is 13.5 Å². The highest BCUT2D eigenvalue weighted by Crippen LogP contribution is 2.25. The molecule has 0 atom stereocenters. The van der Waals surface area contributed by atoms with Gasteiger partial charge in [-0.2, -0.15) is 4.98 Å². The molecule has 0 aromatic carbocycles. The molecule has 0 fully saturated rings. The Balaban J connectivity index is 0.000000336. The Morgan fingerprint density at radius 1 is 1.47 bits per heavy atom. The summed E-state index contributed by atoms with van der Waals surface area (Å²) in [5.74, 6) is 0.162. The van der Waals surface area contributed by atoms with Crippen molar-refractivity contribution in [3.8, 4) is 0 Å². The number of nitrogens with two attached hydrogens (primary N) is 1. The molecule has 15 heavy (non-hydrogen) atoms. The van der Waals surface area contributed by atoms with Gasteiger partial charge in [0.05, 0.1) is 0 Å². The smallest absolute Gasteiger partial charge is 0.383 e. The van der Waals surface area contributed by atoms with Crippen molar-refractivity contribution in [1.29, 1.82) is 0 Å². The molecule has 0 aliphatic carbocycles. The van der Waals surface area contributed by atoms with Gasteiger partial charge in [-0.1, -0.05) is 0 Å². The van der Waals surface area contributed by atoms with Crippen molar-refractivity contribution in [2.24, 2.45) is 0 Å². The summed E-state index contributed by atoms with van der Waals surface area (Å²) >= 11 is 0. The summed E-state index contributed by atoms with van der Waals surface area (Å²) in [6.07, 6.45) is 1.38. The lowest BCUT2D eigenvalue weighted by molar-refractivity contribution is 0.204. The fourth-order valence-corrected chi connectivity index (χ4v) is 0.550. The van der Waals surface area contributed by atoms with E-state index < -0.39 is 13.5 Å². The van der Waals surface area contributed by atoms with E-state index in [1.54, 1.807) is 0 Å². The van der Waals surface area contributed by atoms with Crippen LogP contribution >= 0.6 is 7.82 Å². The van der Waals surface area contributed by atoms with Crippen molar-refractivity contribution in [2.45, 2.75) is 6.73 Å². The molecule has 0 bridgehead atoms. The molecule has 0 saturated carbocycles. The number of aliphatic hydroxyl groups excluding tert-OH is 1. The predicted molar refractivity (Wildman–Crippen MR) is 49.4 cm³/mol. The van der Waals surface area contributed by atoms with Crippen LogP contribution in [0, 0.1) is 0 Å². The predicted octanol–water partition coefficient (Wildman–Crippen LogP) is -2.15. The number of hydrogen-bond donors (Lipinski definition) is 5. The molecule has 0 unspecified atom stereocenters. The Morgan fingerprint density at radius 3 is 2.27 bits per heavy atom. The minimum absolute atomic E-state index is 0.162. The van der Waals surface area contributed by atoms with Gasteiger partial charge in [-0.3, -0.25) is 4.57 Å². The van der Waals surface area contributed by atoms with E-state index in [1.165, 1.54) is 12.3 Å². The molecule has 0 radical (unpaired) electrons. The van der Waals surface area contributed by atoms with Gasteiger partial charge in [0, 0.05) is 6.20 Å². The molecular formula is C5H10N3O6P. The zero-order valence-electron chi connectivity index (χ0n) is 7.39. The van der Waals surface area contributed by atoms with Gasteiger partial charge in [0.25, 0.3) is 0 Å². The molecule has 6 N–H and O–H groups in total. The lowest BCUT2D eigenvalue weighted by Crippen LogP contribution is -2.22. The number of aromatic nitrogens is 2. The third-order valence-corrected chi connectivity index (χ3v) is 1.05. The standard InChI is InChI=1S/C5H7N3O2.H3O4P/c6-4-1-2-8(3-9)5(10)7-4;1-5(2,3)4/h1-2,9H,3H2,(H2,6,7,10);(H3,1,2,3,4). The van der Waals surface area contributed by atoms with Crippen LogP contribution in [0.1, 0.15) is 0 Å². The van der Waals surface area contributed by atoms with Gasteiger partial charge in [0.15, 0.2) is 0 Å². The maximum atomic E-state index is 10.7. The Kier molecular flexibility index (Phi) is 5.12. The quantitative estimate of drug-likeness (QED) is 0.346. The van der Waals surface area contributed by atoms with Crippen LogP contribution in [0.15, 0.2) is 17.1 Å². The minimum Gasteiger partial charge on any atom is -0.383 e. The van der Waals surface area contributed by atoms with Gasteiger partial charge < -0.3 is 25.5 Å². The molecular weight excluding hydrogens is 229 g/mol. The fourth-order valence-electron chi connectivity index (χ4n) is 0.550. The summed E-state index contributed by atoms with van der Waals surface area (Å²) in [7, 11) is -4.64. The SMILES string of the molecule is Nc1ccn(CO)c(=O)n1.O=P(O)(O)O. The molecule has 9 nitrogen and oxygen atoms in total. The van der Waals surface area contributed by atoms with E-state index in [-0.39, 0.29) is 12.5 Å². The Hall–Kier alpha value is -1.25. The second-order valence-corrected chi connectivity index (χ2v) is 3.29. The average Bonchev–Trinajstić information content (AvgIpc) is 2.01. The topological polar surface area (TPSA) is 159 Å². The number of anilines is 1. The van der Waals surface area contributed by atoms with Crippen molar-refractivity contribution in [3.05, 3.63) is 22.7 Å². The van der Waals surface area contributed by atoms with Crippen LogP contribution in [0.3, 0.4) is 0 Å². The summed E-state index contributed by atoms with van der Waals surface area (Å²) in [5.41, 5.74) is 4.64. The van der Waals surface area contributed by atoms with E-state index in [4.69, 9.17) is 30.1 Å². The number of rotatable bonds is 1. The van der Waals surface area contributed by atoms with Crippen LogP contribution in [0.25, 0.3) is 0 Å². The molecule has 1 rings (SSSR count). The summed E-state index contributed by atoms with van der Waals surface area (Å²) in [5, 5.41) is 8.49. The van der Waals surface area contributed by atoms with Crippen LogP contribution in [-0.2, 0) is 11.3 Å². The molecule has 0 aliphatic rings. The first kappa shape index (κ1) is 13.8. The number of hydrogen-bond acceptors (Lipinski definition) is 5. The lowest BCUT2D eigenvalue weighted by atomic mass is 10.6. The molecule has 1 heterocycles. The Bertz CT molecular complexity index is 403. The monoisotopic (exact) mass is 239 g/mol. The maximum Gasteiger partial charge on any atom is 0.466 e. The summed E-state index contributed by atoms with van der Waals surface area (Å²) in [6.45, 7) is -0.369. The van der Waals surface area contributed by atoms with E-state index in [0.29, 0.717) is 0 Å². The number of nitrogen functional groups attached to an aromatic ring is 1. The van der Waals surface area contributed by atoms with Gasteiger partial charge in [-0.05, 0) is 6.07 Å². The molecule has 0 amide bonds. The molecule has 86 valence electrons. The summed E-state index contributed by atoms with van der Waals surface area (Å²) < 4.78 is 9.92. The Labute approximate surface area is 83.7 Å². The number of aliphatic hydroxyl groups is 1. The first-order chi connectivity index (χ1) is 6.74. The van der Waals surface area contributed by atoms with Crippen LogP contribution in [0.2, 0.25) is 0 Å². The third-order valence-electron chi connectivity index (χ3n) is 1.05. The van der Waals surface area contributed by atoms with E-state index in [9.17, 15) is 4.79 Å². The van der Waals surface area contributed by atoms with Crippen molar-refractivity contribution in [3.63, 3.8) is 0 Å². The van der Waals surface area contributed by atoms with Gasteiger partial charge in [-0.25, -0.2) is 9.36 Å². The second kappa shape index (κ2) is 5.59. The van der Waals surface area contributed by atoms with Crippen molar-refractivity contribution >= 4 is 13.6 Å². The first-order valence-electron chi connectivity index (χ1n) is 3.46. The first-order valence-corrected chi connectivity index (χ1v) is 5.02. The van der Waals surface area contributed by atoms with Gasteiger partial charge in [0.2, 0.25) is 0 Å². The van der Waals surface area contributed by atoms with Crippen LogP contribution in [0.4, 0.5) is 5.82 Å². The zero-order chi connectivity index (χ0) is 12.1. The van der Waals surface area contributed by atoms with E-state index in [1.807, 2.05) is 0 Å². The highest BCUT2D eigenvalue weighted by atomic mass is 31.2. The number of phosphoric acid groups is 1. The van der Waals surface area contributed by atoms with Gasteiger partial charge in [-0.15, -0.1) is 0 Å². The van der Waals surface area contributed by atoms with Crippen LogP contribution in [-0.4, -0.2) is 29.3 Å². The van der Waals surface area contributed by atoms with Crippen LogP contribution in [0.5, 0.6) is 0 Å². The normalized spacial score (nSPS) is 10.4. The second-order valence-electron chi connectivity index (χ2n) is 2.26. The third kappa shape index (κ3) is 7.79. The lowest BCUT2D eigenvalue weighted by Gasteiger charge is -1.97. The van der Waals surface area contributed by atoms with E-state index in [0.717, 1.165) is 4.57 Å². The van der Waals surface area contributed by atoms with Crippen molar-refractivity contribution in [1.82, 2.24) is 9.55 Å².